The van der Waals surface area contributed by atoms with Crippen LogP contribution >= 0.6 is 0 Å². The van der Waals surface area contributed by atoms with E-state index in [1.807, 2.05) is 43.7 Å². The number of aromatic nitrogens is 4. The average molecular weight is 321 g/mol. The van der Waals surface area contributed by atoms with E-state index < -0.39 is 0 Å². The number of carbonyl (C=O) groups excluding carboxylic acids is 1. The van der Waals surface area contributed by atoms with Gasteiger partial charge in [0.05, 0.1) is 12.2 Å². The zero-order valence-electron chi connectivity index (χ0n) is 13.9. The molecular formula is C18H19N5O. The van der Waals surface area contributed by atoms with Crippen molar-refractivity contribution in [2.45, 2.75) is 27.3 Å². The lowest BCUT2D eigenvalue weighted by Gasteiger charge is -2.07. The molecule has 3 aromatic rings. The fourth-order valence-corrected chi connectivity index (χ4v) is 2.45. The topological polar surface area (TPSA) is 72.7 Å². The molecule has 0 aliphatic rings. The number of hydrogen-bond acceptors (Lipinski definition) is 4. The quantitative estimate of drug-likeness (QED) is 0.802. The zero-order valence-corrected chi connectivity index (χ0v) is 13.9. The van der Waals surface area contributed by atoms with Crippen LogP contribution in [0.4, 0.5) is 5.95 Å². The van der Waals surface area contributed by atoms with Crippen LogP contribution in [0.3, 0.4) is 0 Å². The standard InChI is InChI=1S/C18H19N5O/c1-12-8-9-19-18(20-12)21-17(24)16-6-4-15(5-7-16)11-23-14(3)10-13(2)22-23/h4-10H,11H2,1-3H3,(H,19,20,21,24). The highest BCUT2D eigenvalue weighted by Crippen LogP contribution is 2.10. The summed E-state index contributed by atoms with van der Waals surface area (Å²) in [5.41, 5.74) is 4.58. The van der Waals surface area contributed by atoms with Crippen LogP contribution in [0.5, 0.6) is 0 Å². The number of hydrogen-bond donors (Lipinski definition) is 1. The van der Waals surface area contributed by atoms with Crippen molar-refractivity contribution >= 4 is 11.9 Å². The first-order valence-electron chi connectivity index (χ1n) is 7.72. The highest BCUT2D eigenvalue weighted by Gasteiger charge is 2.08. The summed E-state index contributed by atoms with van der Waals surface area (Å²) in [5.74, 6) is 0.0879. The van der Waals surface area contributed by atoms with Crippen LogP contribution < -0.4 is 5.32 Å². The highest BCUT2D eigenvalue weighted by molar-refractivity contribution is 6.03. The average Bonchev–Trinajstić information content (AvgIpc) is 2.85. The fourth-order valence-electron chi connectivity index (χ4n) is 2.45. The van der Waals surface area contributed by atoms with Crippen LogP contribution in [0.1, 0.15) is 33.0 Å². The Hall–Kier alpha value is -3.02. The summed E-state index contributed by atoms with van der Waals surface area (Å²) in [6, 6.07) is 11.3. The van der Waals surface area contributed by atoms with Crippen molar-refractivity contribution in [3.63, 3.8) is 0 Å². The first kappa shape index (κ1) is 15.9. The summed E-state index contributed by atoms with van der Waals surface area (Å²) in [6.45, 7) is 6.54. The maximum atomic E-state index is 12.2. The molecule has 0 aliphatic carbocycles. The lowest BCUT2D eigenvalue weighted by Crippen LogP contribution is -2.14. The monoisotopic (exact) mass is 321 g/mol. The number of nitrogens with zero attached hydrogens (tertiary/aromatic N) is 4. The van der Waals surface area contributed by atoms with E-state index in [1.165, 1.54) is 0 Å². The molecule has 2 heterocycles. The molecule has 0 spiro atoms. The Morgan fingerprint density at radius 3 is 2.46 bits per heavy atom. The minimum absolute atomic E-state index is 0.224. The number of carbonyl (C=O) groups is 1. The van der Waals surface area contributed by atoms with Crippen LogP contribution in [0, 0.1) is 20.8 Å². The minimum atomic E-state index is -0.224. The summed E-state index contributed by atoms with van der Waals surface area (Å²) < 4.78 is 1.95. The van der Waals surface area contributed by atoms with Gasteiger partial charge < -0.3 is 0 Å². The Kier molecular flexibility index (Phi) is 4.37. The number of rotatable bonds is 4. The van der Waals surface area contributed by atoms with Crippen molar-refractivity contribution in [1.29, 1.82) is 0 Å². The molecule has 0 radical (unpaired) electrons. The van der Waals surface area contributed by atoms with Crippen LogP contribution in [0.15, 0.2) is 42.6 Å². The summed E-state index contributed by atoms with van der Waals surface area (Å²) >= 11 is 0. The highest BCUT2D eigenvalue weighted by atomic mass is 16.1. The molecule has 0 fully saturated rings. The van der Waals surface area contributed by atoms with Gasteiger partial charge in [0.25, 0.3) is 5.91 Å². The Labute approximate surface area is 140 Å². The van der Waals surface area contributed by atoms with Gasteiger partial charge in [-0.2, -0.15) is 5.10 Å². The van der Waals surface area contributed by atoms with E-state index in [2.05, 4.69) is 20.4 Å². The van der Waals surface area contributed by atoms with E-state index in [-0.39, 0.29) is 5.91 Å². The largest absolute Gasteiger partial charge is 0.290 e. The third-order valence-electron chi connectivity index (χ3n) is 3.67. The van der Waals surface area contributed by atoms with Gasteiger partial charge in [0, 0.05) is 23.1 Å². The molecule has 6 heteroatoms. The molecule has 3 rings (SSSR count). The van der Waals surface area contributed by atoms with Crippen molar-refractivity contribution < 1.29 is 4.79 Å². The van der Waals surface area contributed by atoms with Gasteiger partial charge in [-0.3, -0.25) is 14.8 Å². The molecule has 1 amide bonds. The summed E-state index contributed by atoms with van der Waals surface area (Å²) in [6.07, 6.45) is 1.62. The molecule has 0 saturated carbocycles. The zero-order chi connectivity index (χ0) is 17.1. The van der Waals surface area contributed by atoms with Crippen LogP contribution in [0.2, 0.25) is 0 Å². The molecule has 1 aromatic carbocycles. The number of benzene rings is 1. The molecule has 122 valence electrons. The normalized spacial score (nSPS) is 10.6. The molecule has 0 aliphatic heterocycles. The SMILES string of the molecule is Cc1ccnc(NC(=O)c2ccc(Cn3nc(C)cc3C)cc2)n1. The molecule has 2 aromatic heterocycles. The Morgan fingerprint density at radius 1 is 1.08 bits per heavy atom. The molecule has 0 unspecified atom stereocenters. The number of amides is 1. The summed E-state index contributed by atoms with van der Waals surface area (Å²) in [5, 5.41) is 7.15. The molecule has 0 saturated heterocycles. The van der Waals surface area contributed by atoms with Crippen molar-refractivity contribution in [1.82, 2.24) is 19.7 Å². The van der Waals surface area contributed by atoms with E-state index >= 15 is 0 Å². The Bertz CT molecular complexity index is 867. The van der Waals surface area contributed by atoms with Gasteiger partial charge in [-0.15, -0.1) is 0 Å². The lowest BCUT2D eigenvalue weighted by molar-refractivity contribution is 0.102. The molecule has 24 heavy (non-hydrogen) atoms. The summed E-state index contributed by atoms with van der Waals surface area (Å²) in [7, 11) is 0. The van der Waals surface area contributed by atoms with Gasteiger partial charge in [0.2, 0.25) is 5.95 Å². The van der Waals surface area contributed by atoms with Crippen molar-refractivity contribution in [3.05, 3.63) is 70.8 Å². The maximum Gasteiger partial charge on any atom is 0.258 e. The van der Waals surface area contributed by atoms with Gasteiger partial charge in [0.1, 0.15) is 0 Å². The second-order valence-electron chi connectivity index (χ2n) is 5.76. The predicted octanol–water partition coefficient (Wildman–Crippen LogP) is 2.90. The van der Waals surface area contributed by atoms with Gasteiger partial charge in [-0.1, -0.05) is 12.1 Å². The van der Waals surface area contributed by atoms with E-state index in [1.54, 1.807) is 24.4 Å². The summed E-state index contributed by atoms with van der Waals surface area (Å²) in [4.78, 5) is 20.4. The lowest BCUT2D eigenvalue weighted by atomic mass is 10.1. The minimum Gasteiger partial charge on any atom is -0.290 e. The van der Waals surface area contributed by atoms with Crippen molar-refractivity contribution in [2.75, 3.05) is 5.32 Å². The second-order valence-corrected chi connectivity index (χ2v) is 5.76. The molecular weight excluding hydrogens is 302 g/mol. The number of aryl methyl sites for hydroxylation is 3. The van der Waals surface area contributed by atoms with Crippen LogP contribution in [-0.2, 0) is 6.54 Å². The van der Waals surface area contributed by atoms with E-state index in [9.17, 15) is 4.79 Å². The third-order valence-corrected chi connectivity index (χ3v) is 3.67. The van der Waals surface area contributed by atoms with E-state index in [0.29, 0.717) is 18.1 Å². The number of nitrogens with one attached hydrogen (secondary N) is 1. The van der Waals surface area contributed by atoms with Crippen LogP contribution in [0.25, 0.3) is 0 Å². The molecule has 0 bridgehead atoms. The van der Waals surface area contributed by atoms with E-state index in [4.69, 9.17) is 0 Å². The van der Waals surface area contributed by atoms with E-state index in [0.717, 1.165) is 22.6 Å². The van der Waals surface area contributed by atoms with Gasteiger partial charge in [-0.25, -0.2) is 9.97 Å². The molecule has 1 N–H and O–H groups in total. The van der Waals surface area contributed by atoms with Gasteiger partial charge >= 0.3 is 0 Å². The molecule has 6 nitrogen and oxygen atoms in total. The van der Waals surface area contributed by atoms with Crippen LogP contribution in [-0.4, -0.2) is 25.7 Å². The van der Waals surface area contributed by atoms with Gasteiger partial charge in [-0.05, 0) is 50.6 Å². The predicted molar refractivity (Wildman–Crippen MR) is 92.0 cm³/mol. The molecule has 0 atom stereocenters. The second kappa shape index (κ2) is 6.62. The Morgan fingerprint density at radius 2 is 1.83 bits per heavy atom. The smallest absolute Gasteiger partial charge is 0.258 e. The maximum absolute atomic E-state index is 12.2. The third kappa shape index (κ3) is 3.65. The fraction of sp³-hybridized carbons (Fsp3) is 0.222. The Balaban J connectivity index is 1.69. The number of anilines is 1. The first-order chi connectivity index (χ1) is 11.5. The van der Waals surface area contributed by atoms with Gasteiger partial charge in [0.15, 0.2) is 0 Å². The van der Waals surface area contributed by atoms with Crippen molar-refractivity contribution in [3.8, 4) is 0 Å². The van der Waals surface area contributed by atoms with Crippen molar-refractivity contribution in [2.24, 2.45) is 0 Å². The first-order valence-corrected chi connectivity index (χ1v) is 7.72.